The van der Waals surface area contributed by atoms with Crippen molar-refractivity contribution in [3.05, 3.63) is 215 Å². The number of ether oxygens (including phenoxy) is 10. The Morgan fingerprint density at radius 2 is 0.921 bits per heavy atom. The molecule has 4 aliphatic carbocycles. The van der Waals surface area contributed by atoms with Gasteiger partial charge in [0.2, 0.25) is 0 Å². The van der Waals surface area contributed by atoms with Crippen molar-refractivity contribution in [1.29, 1.82) is 0 Å². The zero-order chi connectivity index (χ0) is 71.0. The van der Waals surface area contributed by atoms with Gasteiger partial charge < -0.3 is 57.6 Å². The molecule has 20 atom stereocenters. The second-order valence-corrected chi connectivity index (χ2v) is 28.6. The van der Waals surface area contributed by atoms with Gasteiger partial charge in [0.05, 0.1) is 46.1 Å². The van der Waals surface area contributed by atoms with Gasteiger partial charge in [0.1, 0.15) is 49.2 Å². The monoisotopic (exact) mass is 1380 g/mol. The molecule has 6 fully saturated rings. The van der Waals surface area contributed by atoms with E-state index >= 15 is 0 Å². The van der Waals surface area contributed by atoms with Crippen LogP contribution in [0.1, 0.15) is 154 Å². The number of benzene rings is 6. The van der Waals surface area contributed by atoms with E-state index in [0.717, 1.165) is 32.1 Å². The van der Waals surface area contributed by atoms with Crippen molar-refractivity contribution in [3.8, 4) is 0 Å². The normalized spacial score (nSPS) is 31.0. The minimum absolute atomic E-state index is 0.0465. The Morgan fingerprint density at radius 3 is 1.43 bits per heavy atom. The fourth-order valence-corrected chi connectivity index (χ4v) is 16.9. The highest BCUT2D eigenvalue weighted by molar-refractivity contribution is 5.94. The molecular weight excluding hydrogens is 1290 g/mol. The highest BCUT2D eigenvalue weighted by Crippen LogP contribution is 2.68. The molecule has 101 heavy (non-hydrogen) atoms. The number of carbonyl (C=O) groups is 8. The molecule has 20 heteroatoms. The van der Waals surface area contributed by atoms with Gasteiger partial charge in [0.25, 0.3) is 0 Å². The average Bonchev–Trinajstić information content (AvgIpc) is 1.53. The lowest BCUT2D eigenvalue weighted by Gasteiger charge is -2.61. The average molecular weight is 1380 g/mol. The topological polar surface area (TPSA) is 269 Å². The number of Topliss-reactive ketones (excluding diaryl/α,β-unsaturated/α-hetero) is 2. The number of fused-ring (bicyclic) bond motifs is 5. The summed E-state index contributed by atoms with van der Waals surface area (Å²) in [6.45, 7) is 7.35. The number of hydrogen-bond acceptors (Lipinski definition) is 20. The molecule has 2 heterocycles. The first-order chi connectivity index (χ1) is 48.8. The van der Waals surface area contributed by atoms with Crippen molar-refractivity contribution in [2.75, 3.05) is 19.8 Å². The first kappa shape index (κ1) is 72.0. The summed E-state index contributed by atoms with van der Waals surface area (Å²) >= 11 is 0. The van der Waals surface area contributed by atoms with E-state index in [1.807, 2.05) is 13.8 Å². The maximum atomic E-state index is 14.7. The van der Waals surface area contributed by atoms with Crippen LogP contribution in [0.5, 0.6) is 0 Å². The molecule has 0 unspecified atom stereocenters. The molecule has 2 saturated heterocycles. The number of aliphatic hydroxyl groups excluding tert-OH is 2. The highest BCUT2D eigenvalue weighted by Gasteiger charge is 2.64. The Hall–Kier alpha value is -8.76. The van der Waals surface area contributed by atoms with Gasteiger partial charge in [-0.25, -0.2) is 28.8 Å². The van der Waals surface area contributed by atoms with E-state index in [1.165, 1.54) is 24.3 Å². The fourth-order valence-electron chi connectivity index (χ4n) is 16.9. The predicted octanol–water partition coefficient (Wildman–Crippen LogP) is 11.6. The molecule has 2 N–H and O–H groups in total. The Bertz CT molecular complexity index is 3840. The summed E-state index contributed by atoms with van der Waals surface area (Å²) in [4.78, 5) is 112. The molecule has 6 aromatic rings. The number of rotatable bonds is 24. The molecule has 6 aliphatic rings. The predicted molar refractivity (Wildman–Crippen MR) is 364 cm³/mol. The largest absolute Gasteiger partial charge is 0.459 e. The Kier molecular flexibility index (Phi) is 22.9. The van der Waals surface area contributed by atoms with Crippen LogP contribution in [0.3, 0.4) is 0 Å². The Labute approximate surface area is 587 Å². The summed E-state index contributed by atoms with van der Waals surface area (Å²) in [5.74, 6) is -5.09. The molecule has 6 aromatic carbocycles. The number of hydrogen-bond donors (Lipinski definition) is 2. The van der Waals surface area contributed by atoms with Gasteiger partial charge in [-0.2, -0.15) is 0 Å². The quantitative estimate of drug-likeness (QED) is 0.0324. The molecule has 4 saturated carbocycles. The van der Waals surface area contributed by atoms with E-state index in [0.29, 0.717) is 37.2 Å². The summed E-state index contributed by atoms with van der Waals surface area (Å²) in [6.07, 6.45) is -8.81. The van der Waals surface area contributed by atoms with Gasteiger partial charge in [-0.1, -0.05) is 137 Å². The summed E-state index contributed by atoms with van der Waals surface area (Å²) < 4.78 is 62.0. The first-order valence-electron chi connectivity index (χ1n) is 35.3. The van der Waals surface area contributed by atoms with Crippen LogP contribution in [0.15, 0.2) is 182 Å². The lowest BCUT2D eigenvalue weighted by atomic mass is 9.44. The molecular formula is C81H88O20. The third-order valence-corrected chi connectivity index (χ3v) is 22.3. The standard InChI is InChI=1S/C81H88O20/c1-48(45-94-79-71(101-77(91)55-33-21-10-22-34-55)70(100-76(90)54-31-19-9-20-32-54)68(98-74(88)52-27-15-7-16-28-52)64(97-79)47-93-73(87)51-25-13-6-14-26-51)35-38-61(82)49(2)65-62(83)44-60-58-37-36-56-43-57(39-41-80(56,3)59(58)40-42-81(60,65)4)95-78-67(85)69(99-75(89)53-29-17-8-18-30-53)66(84)63(96-78)46-92-72(86)50-23-11-5-12-24-50/h5-34,48-49,56-60,63-71,78-79,84-85H,35-47H2,1-4H3/t48-,49+,56+,57-,58+,59-,60-,63+,64+,65-,66-,67+,68+,69-,70-,71+,78+,79+,80-,81-/m0/s1. The molecule has 0 spiro atoms. The Morgan fingerprint density at radius 1 is 0.485 bits per heavy atom. The van der Waals surface area contributed by atoms with Gasteiger partial charge in [-0.3, -0.25) is 9.59 Å². The van der Waals surface area contributed by atoms with Crippen LogP contribution in [-0.4, -0.2) is 145 Å². The lowest BCUT2D eigenvalue weighted by molar-refractivity contribution is -0.315. The SMILES string of the molecule is C[C@@H](CCC(=O)[C@@H](C)[C@H]1C(=O)C[C@H]2[C@@H]3CC[C@@H]4C[C@@H](O[C@@H]5O[C@H](COC(=O)c6ccccc6)[C@H](O)[C@H](OC(=O)c6ccccc6)[C@H]5O)CC[C@]4(C)[C@H]3CC[C@]12C)CO[C@@H]1O[C@H](COC(=O)c2ccccc2)[C@@H](OC(=O)c2ccccc2)[C@H](OC(=O)c2ccccc2)[C@H]1OC(=O)c1ccccc1. The molecule has 0 radical (unpaired) electrons. The van der Waals surface area contributed by atoms with E-state index in [-0.39, 0.29) is 87.6 Å². The van der Waals surface area contributed by atoms with Crippen molar-refractivity contribution in [1.82, 2.24) is 0 Å². The summed E-state index contributed by atoms with van der Waals surface area (Å²) in [5, 5.41) is 23.4. The van der Waals surface area contributed by atoms with Gasteiger partial charge >= 0.3 is 35.8 Å². The second-order valence-electron chi connectivity index (χ2n) is 28.6. The van der Waals surface area contributed by atoms with Crippen molar-refractivity contribution in [2.45, 2.75) is 159 Å². The van der Waals surface area contributed by atoms with Crippen molar-refractivity contribution in [3.63, 3.8) is 0 Å². The summed E-state index contributed by atoms with van der Waals surface area (Å²) in [7, 11) is 0. The molecule has 0 aromatic heterocycles. The Balaban J connectivity index is 0.701. The van der Waals surface area contributed by atoms with Gasteiger partial charge in [0.15, 0.2) is 37.0 Å². The minimum atomic E-state index is -1.62. The first-order valence-corrected chi connectivity index (χ1v) is 35.3. The number of carbonyl (C=O) groups excluding carboxylic acids is 8. The highest BCUT2D eigenvalue weighted by atomic mass is 16.7. The maximum absolute atomic E-state index is 14.7. The smallest absolute Gasteiger partial charge is 0.338 e. The molecule has 20 nitrogen and oxygen atoms in total. The molecule has 2 aliphatic heterocycles. The fraction of sp³-hybridized carbons (Fsp3) is 0.457. The minimum Gasteiger partial charge on any atom is -0.459 e. The zero-order valence-electron chi connectivity index (χ0n) is 57.1. The van der Waals surface area contributed by atoms with Crippen LogP contribution < -0.4 is 0 Å². The van der Waals surface area contributed by atoms with E-state index in [2.05, 4.69) is 13.8 Å². The number of aliphatic hydroxyl groups is 2. The lowest BCUT2D eigenvalue weighted by Crippen LogP contribution is -2.63. The maximum Gasteiger partial charge on any atom is 0.338 e. The van der Waals surface area contributed by atoms with Crippen LogP contribution in [-0.2, 0) is 57.0 Å². The molecule has 0 bridgehead atoms. The van der Waals surface area contributed by atoms with Gasteiger partial charge in [-0.05, 0) is 165 Å². The van der Waals surface area contributed by atoms with Crippen LogP contribution in [0.25, 0.3) is 0 Å². The van der Waals surface area contributed by atoms with Crippen LogP contribution in [0.2, 0.25) is 0 Å². The second kappa shape index (κ2) is 32.1. The van der Waals surface area contributed by atoms with Crippen molar-refractivity contribution in [2.24, 2.45) is 52.3 Å². The van der Waals surface area contributed by atoms with Crippen LogP contribution in [0, 0.1) is 52.3 Å². The van der Waals surface area contributed by atoms with E-state index < -0.39 is 128 Å². The number of esters is 6. The third kappa shape index (κ3) is 16.1. The van der Waals surface area contributed by atoms with Gasteiger partial charge in [0, 0.05) is 24.7 Å². The van der Waals surface area contributed by atoms with Crippen molar-refractivity contribution < 1.29 is 95.9 Å². The van der Waals surface area contributed by atoms with Gasteiger partial charge in [-0.15, -0.1) is 0 Å². The van der Waals surface area contributed by atoms with E-state index in [4.69, 9.17) is 47.4 Å². The van der Waals surface area contributed by atoms with Crippen LogP contribution in [0.4, 0.5) is 0 Å². The van der Waals surface area contributed by atoms with E-state index in [1.54, 1.807) is 158 Å². The number of ketones is 2. The van der Waals surface area contributed by atoms with Crippen molar-refractivity contribution >= 4 is 47.4 Å². The molecule has 12 rings (SSSR count). The van der Waals surface area contributed by atoms with Crippen LogP contribution >= 0.6 is 0 Å². The zero-order valence-corrected chi connectivity index (χ0v) is 57.1. The molecule has 532 valence electrons. The third-order valence-electron chi connectivity index (χ3n) is 22.3. The molecule has 0 amide bonds. The summed E-state index contributed by atoms with van der Waals surface area (Å²) in [6, 6.07) is 49.1. The summed E-state index contributed by atoms with van der Waals surface area (Å²) in [5.41, 5.74) is 0.666. The van der Waals surface area contributed by atoms with E-state index in [9.17, 15) is 48.6 Å².